The molecule has 88 valence electrons. The average molecular weight is 253 g/mol. The topological polar surface area (TPSA) is 61.3 Å². The lowest BCUT2D eigenvalue weighted by atomic mass is 10.1. The molecule has 0 saturated heterocycles. The van der Waals surface area contributed by atoms with E-state index in [9.17, 15) is 0 Å². The smallest absolute Gasteiger partial charge is 0.119 e. The highest BCUT2D eigenvalue weighted by atomic mass is 35.5. The molecule has 0 spiro atoms. The minimum absolute atomic E-state index is 0. The van der Waals surface area contributed by atoms with Gasteiger partial charge in [-0.1, -0.05) is 12.1 Å². The molecule has 15 heavy (non-hydrogen) atoms. The van der Waals surface area contributed by atoms with Crippen LogP contribution in [0.4, 0.5) is 0 Å². The van der Waals surface area contributed by atoms with Crippen molar-refractivity contribution in [1.82, 2.24) is 0 Å². The fraction of sp³-hybridized carbons (Fsp3) is 0.400. The summed E-state index contributed by atoms with van der Waals surface area (Å²) < 4.78 is 5.33. The molecule has 1 aromatic rings. The van der Waals surface area contributed by atoms with Crippen LogP contribution in [-0.4, -0.2) is 19.7 Å². The number of hydrogen-bond donors (Lipinski definition) is 2. The first-order valence-electron chi connectivity index (χ1n) is 4.48. The van der Waals surface area contributed by atoms with E-state index in [4.69, 9.17) is 16.2 Å². The molecule has 0 radical (unpaired) electrons. The van der Waals surface area contributed by atoms with Gasteiger partial charge < -0.3 is 16.2 Å². The molecule has 0 amide bonds. The molecule has 0 fully saturated rings. The standard InChI is InChI=1S/C10H16N2O.2ClH/c11-6-5-9-1-3-10(4-2-9)13-8-7-12;;/h1-4H,5-8,11-12H2;2*1H. The lowest BCUT2D eigenvalue weighted by Gasteiger charge is -2.04. The van der Waals surface area contributed by atoms with Crippen LogP contribution >= 0.6 is 24.8 Å². The Hall–Kier alpha value is -0.480. The van der Waals surface area contributed by atoms with Crippen molar-refractivity contribution >= 4 is 24.8 Å². The third-order valence-electron chi connectivity index (χ3n) is 1.74. The highest BCUT2D eigenvalue weighted by molar-refractivity contribution is 5.85. The van der Waals surface area contributed by atoms with Crippen LogP contribution in [0.2, 0.25) is 0 Å². The van der Waals surface area contributed by atoms with Gasteiger partial charge in [0.15, 0.2) is 0 Å². The van der Waals surface area contributed by atoms with Crippen molar-refractivity contribution < 1.29 is 4.74 Å². The van der Waals surface area contributed by atoms with E-state index < -0.39 is 0 Å². The van der Waals surface area contributed by atoms with Gasteiger partial charge in [0.1, 0.15) is 12.4 Å². The van der Waals surface area contributed by atoms with Crippen molar-refractivity contribution in [3.8, 4) is 5.75 Å². The predicted molar refractivity (Wildman–Crippen MR) is 68.2 cm³/mol. The fourth-order valence-electron chi connectivity index (χ4n) is 1.10. The van der Waals surface area contributed by atoms with Crippen LogP contribution in [0, 0.1) is 0 Å². The van der Waals surface area contributed by atoms with Gasteiger partial charge in [0.05, 0.1) is 0 Å². The molecule has 0 aromatic heterocycles. The number of benzene rings is 1. The van der Waals surface area contributed by atoms with Gasteiger partial charge in [-0.3, -0.25) is 0 Å². The maximum Gasteiger partial charge on any atom is 0.119 e. The Morgan fingerprint density at radius 1 is 0.933 bits per heavy atom. The SMILES string of the molecule is Cl.Cl.NCCOc1ccc(CCN)cc1. The van der Waals surface area contributed by atoms with Crippen molar-refractivity contribution in [3.05, 3.63) is 29.8 Å². The number of rotatable bonds is 5. The largest absolute Gasteiger partial charge is 0.492 e. The second-order valence-electron chi connectivity index (χ2n) is 2.82. The van der Waals surface area contributed by atoms with Gasteiger partial charge in [-0.25, -0.2) is 0 Å². The van der Waals surface area contributed by atoms with E-state index in [2.05, 4.69) is 0 Å². The van der Waals surface area contributed by atoms with Crippen molar-refractivity contribution in [1.29, 1.82) is 0 Å². The summed E-state index contributed by atoms with van der Waals surface area (Å²) in [6.45, 7) is 1.80. The Morgan fingerprint density at radius 3 is 2.00 bits per heavy atom. The Bertz CT molecular complexity index is 242. The number of ether oxygens (including phenoxy) is 1. The summed E-state index contributed by atoms with van der Waals surface area (Å²) >= 11 is 0. The zero-order valence-electron chi connectivity index (χ0n) is 8.52. The second-order valence-corrected chi connectivity index (χ2v) is 2.82. The summed E-state index contributed by atoms with van der Waals surface area (Å²) in [6.07, 6.45) is 0.914. The lowest BCUT2D eigenvalue weighted by molar-refractivity contribution is 0.328. The quantitative estimate of drug-likeness (QED) is 0.833. The number of hydrogen-bond acceptors (Lipinski definition) is 3. The first kappa shape index (κ1) is 16.9. The van der Waals surface area contributed by atoms with Gasteiger partial charge in [0, 0.05) is 6.54 Å². The zero-order valence-corrected chi connectivity index (χ0v) is 10.2. The van der Waals surface area contributed by atoms with Gasteiger partial charge in [0.2, 0.25) is 0 Å². The maximum atomic E-state index is 5.43. The maximum absolute atomic E-state index is 5.43. The second kappa shape index (κ2) is 10.1. The molecule has 0 aliphatic rings. The molecule has 1 rings (SSSR count). The summed E-state index contributed by atoms with van der Waals surface area (Å²) in [5, 5.41) is 0. The summed E-state index contributed by atoms with van der Waals surface area (Å²) in [5.41, 5.74) is 12.0. The molecule has 0 aliphatic heterocycles. The highest BCUT2D eigenvalue weighted by Gasteiger charge is 1.93. The normalized spacial score (nSPS) is 8.67. The Kier molecular flexibility index (Phi) is 11.3. The van der Waals surface area contributed by atoms with Crippen LogP contribution in [0.3, 0.4) is 0 Å². The molecular formula is C10H18Cl2N2O. The van der Waals surface area contributed by atoms with Crippen LogP contribution in [-0.2, 0) is 6.42 Å². The molecule has 3 nitrogen and oxygen atoms in total. The first-order chi connectivity index (χ1) is 6.36. The van der Waals surface area contributed by atoms with Crippen LogP contribution < -0.4 is 16.2 Å². The van der Waals surface area contributed by atoms with E-state index in [0.717, 1.165) is 12.2 Å². The minimum atomic E-state index is 0. The Labute approximate surface area is 103 Å². The summed E-state index contributed by atoms with van der Waals surface area (Å²) in [7, 11) is 0. The van der Waals surface area contributed by atoms with Gasteiger partial charge in [-0.15, -0.1) is 24.8 Å². The van der Waals surface area contributed by atoms with E-state index >= 15 is 0 Å². The zero-order chi connectivity index (χ0) is 9.52. The third kappa shape index (κ3) is 6.57. The molecule has 0 bridgehead atoms. The van der Waals surface area contributed by atoms with Crippen molar-refractivity contribution in [2.75, 3.05) is 19.7 Å². The molecule has 0 atom stereocenters. The molecule has 0 unspecified atom stereocenters. The first-order valence-corrected chi connectivity index (χ1v) is 4.48. The Balaban J connectivity index is 0. The van der Waals surface area contributed by atoms with Gasteiger partial charge in [-0.05, 0) is 30.7 Å². The molecular weight excluding hydrogens is 235 g/mol. The summed E-state index contributed by atoms with van der Waals surface area (Å²) in [5.74, 6) is 0.867. The minimum Gasteiger partial charge on any atom is -0.492 e. The number of halogens is 2. The summed E-state index contributed by atoms with van der Waals surface area (Å²) in [4.78, 5) is 0. The van der Waals surface area contributed by atoms with Crippen LogP contribution in [0.1, 0.15) is 5.56 Å². The molecule has 4 N–H and O–H groups in total. The van der Waals surface area contributed by atoms with Crippen LogP contribution in [0.15, 0.2) is 24.3 Å². The van der Waals surface area contributed by atoms with Gasteiger partial charge in [-0.2, -0.15) is 0 Å². The van der Waals surface area contributed by atoms with E-state index in [0.29, 0.717) is 19.7 Å². The van der Waals surface area contributed by atoms with Crippen molar-refractivity contribution in [3.63, 3.8) is 0 Å². The van der Waals surface area contributed by atoms with Gasteiger partial charge in [0.25, 0.3) is 0 Å². The van der Waals surface area contributed by atoms with E-state index in [1.54, 1.807) is 0 Å². The molecule has 0 saturated carbocycles. The van der Waals surface area contributed by atoms with E-state index in [1.165, 1.54) is 5.56 Å². The highest BCUT2D eigenvalue weighted by Crippen LogP contribution is 2.11. The van der Waals surface area contributed by atoms with Crippen molar-refractivity contribution in [2.45, 2.75) is 6.42 Å². The fourth-order valence-corrected chi connectivity index (χ4v) is 1.10. The molecule has 1 aromatic carbocycles. The lowest BCUT2D eigenvalue weighted by Crippen LogP contribution is -2.10. The number of nitrogens with two attached hydrogens (primary N) is 2. The van der Waals surface area contributed by atoms with Crippen molar-refractivity contribution in [2.24, 2.45) is 11.5 Å². The Morgan fingerprint density at radius 2 is 1.53 bits per heavy atom. The van der Waals surface area contributed by atoms with Gasteiger partial charge >= 0.3 is 0 Å². The molecule has 0 aliphatic carbocycles. The molecule has 0 heterocycles. The van der Waals surface area contributed by atoms with E-state index in [-0.39, 0.29) is 24.8 Å². The predicted octanol–water partition coefficient (Wildman–Crippen LogP) is 1.37. The average Bonchev–Trinajstić information content (AvgIpc) is 2.17. The molecule has 5 heteroatoms. The summed E-state index contributed by atoms with van der Waals surface area (Å²) in [6, 6.07) is 7.94. The van der Waals surface area contributed by atoms with Crippen LogP contribution in [0.25, 0.3) is 0 Å². The monoisotopic (exact) mass is 252 g/mol. The third-order valence-corrected chi connectivity index (χ3v) is 1.74. The van der Waals surface area contributed by atoms with Crippen LogP contribution in [0.5, 0.6) is 5.75 Å². The van der Waals surface area contributed by atoms with E-state index in [1.807, 2.05) is 24.3 Å².